The van der Waals surface area contributed by atoms with E-state index in [1.165, 1.54) is 13.2 Å². The van der Waals surface area contributed by atoms with Crippen molar-refractivity contribution in [2.75, 3.05) is 19.0 Å². The summed E-state index contributed by atoms with van der Waals surface area (Å²) in [6.07, 6.45) is -0.458. The van der Waals surface area contributed by atoms with Crippen LogP contribution in [0.3, 0.4) is 0 Å². The molecule has 0 saturated carbocycles. The largest absolute Gasteiger partial charge is 0.494 e. The summed E-state index contributed by atoms with van der Waals surface area (Å²) in [6.45, 7) is 2.05. The Balaban J connectivity index is 2.66. The molecule has 0 radical (unpaired) electrons. The molecule has 0 aliphatic carbocycles. The van der Waals surface area contributed by atoms with Crippen LogP contribution in [0.4, 0.5) is 10.1 Å². The third-order valence-corrected chi connectivity index (χ3v) is 1.75. The number of rotatable bonds is 4. The molecule has 0 unspecified atom stereocenters. The summed E-state index contributed by atoms with van der Waals surface area (Å²) in [6, 6.07) is 4.57. The molecule has 4 heteroatoms. The fraction of sp³-hybridized carbons (Fsp3) is 0.400. The van der Waals surface area contributed by atoms with E-state index in [2.05, 4.69) is 5.32 Å². The molecule has 14 heavy (non-hydrogen) atoms. The van der Waals surface area contributed by atoms with Gasteiger partial charge in [-0.05, 0) is 19.1 Å². The van der Waals surface area contributed by atoms with Gasteiger partial charge in [0.2, 0.25) is 0 Å². The van der Waals surface area contributed by atoms with E-state index in [0.29, 0.717) is 12.2 Å². The van der Waals surface area contributed by atoms with E-state index >= 15 is 0 Å². The minimum absolute atomic E-state index is 0.215. The number of methoxy groups -OCH3 is 1. The summed E-state index contributed by atoms with van der Waals surface area (Å²) in [5.41, 5.74) is 0.629. The summed E-state index contributed by atoms with van der Waals surface area (Å²) in [5, 5.41) is 11.9. The number of aliphatic hydroxyl groups is 1. The quantitative estimate of drug-likeness (QED) is 0.774. The van der Waals surface area contributed by atoms with Crippen LogP contribution in [0.1, 0.15) is 6.92 Å². The lowest BCUT2D eigenvalue weighted by atomic mass is 10.2. The molecule has 0 bridgehead atoms. The number of anilines is 1. The Morgan fingerprint density at radius 2 is 2.29 bits per heavy atom. The van der Waals surface area contributed by atoms with Crippen LogP contribution in [0.5, 0.6) is 5.75 Å². The molecular formula is C10H14FNO2. The normalized spacial score (nSPS) is 12.3. The summed E-state index contributed by atoms with van der Waals surface area (Å²) >= 11 is 0. The van der Waals surface area contributed by atoms with E-state index in [1.54, 1.807) is 19.1 Å². The molecule has 0 saturated heterocycles. The molecule has 1 atom stereocenters. The summed E-state index contributed by atoms with van der Waals surface area (Å²) in [5.74, 6) is -0.198. The van der Waals surface area contributed by atoms with Crippen LogP contribution >= 0.6 is 0 Å². The predicted molar refractivity (Wildman–Crippen MR) is 53.1 cm³/mol. The van der Waals surface area contributed by atoms with Gasteiger partial charge in [0.1, 0.15) is 0 Å². The van der Waals surface area contributed by atoms with Gasteiger partial charge in [-0.15, -0.1) is 0 Å². The fourth-order valence-corrected chi connectivity index (χ4v) is 1.04. The number of hydrogen-bond donors (Lipinski definition) is 2. The first kappa shape index (κ1) is 10.8. The zero-order chi connectivity index (χ0) is 10.6. The van der Waals surface area contributed by atoms with E-state index in [4.69, 9.17) is 9.84 Å². The maximum absolute atomic E-state index is 13.1. The zero-order valence-corrected chi connectivity index (χ0v) is 8.25. The molecule has 0 heterocycles. The van der Waals surface area contributed by atoms with Crippen molar-refractivity contribution in [3.8, 4) is 5.75 Å². The van der Waals surface area contributed by atoms with Crippen LogP contribution in [0, 0.1) is 5.82 Å². The molecule has 0 spiro atoms. The number of hydrogen-bond acceptors (Lipinski definition) is 3. The second-order valence-electron chi connectivity index (χ2n) is 3.08. The van der Waals surface area contributed by atoms with E-state index < -0.39 is 11.9 Å². The molecule has 1 aromatic carbocycles. The fourth-order valence-electron chi connectivity index (χ4n) is 1.04. The first-order valence-corrected chi connectivity index (χ1v) is 4.39. The van der Waals surface area contributed by atoms with Crippen molar-refractivity contribution in [2.24, 2.45) is 0 Å². The second-order valence-corrected chi connectivity index (χ2v) is 3.08. The van der Waals surface area contributed by atoms with Gasteiger partial charge in [0, 0.05) is 18.3 Å². The van der Waals surface area contributed by atoms with Crippen LogP contribution < -0.4 is 10.1 Å². The average molecular weight is 199 g/mol. The SMILES string of the molecule is COc1ccc(NC[C@@H](C)O)cc1F. The van der Waals surface area contributed by atoms with Gasteiger partial charge in [0.05, 0.1) is 13.2 Å². The van der Waals surface area contributed by atoms with E-state index in [-0.39, 0.29) is 5.75 Å². The Morgan fingerprint density at radius 3 is 2.79 bits per heavy atom. The maximum atomic E-state index is 13.1. The van der Waals surface area contributed by atoms with Gasteiger partial charge in [-0.1, -0.05) is 0 Å². The standard InChI is InChI=1S/C10H14FNO2/c1-7(13)6-12-8-3-4-10(14-2)9(11)5-8/h3-5,7,12-13H,6H2,1-2H3/t7-/m1/s1. The predicted octanol–water partition coefficient (Wildman–Crippen LogP) is 1.63. The molecule has 0 aliphatic heterocycles. The highest BCUT2D eigenvalue weighted by Crippen LogP contribution is 2.20. The van der Waals surface area contributed by atoms with Crippen molar-refractivity contribution >= 4 is 5.69 Å². The third-order valence-electron chi connectivity index (χ3n) is 1.75. The molecule has 0 fully saturated rings. The molecule has 78 valence electrons. The molecule has 2 N–H and O–H groups in total. The van der Waals surface area contributed by atoms with Crippen LogP contribution in [0.25, 0.3) is 0 Å². The summed E-state index contributed by atoms with van der Waals surface area (Å²) < 4.78 is 17.9. The van der Waals surface area contributed by atoms with Crippen molar-refractivity contribution in [1.29, 1.82) is 0 Å². The van der Waals surface area contributed by atoms with Gasteiger partial charge < -0.3 is 15.2 Å². The maximum Gasteiger partial charge on any atom is 0.167 e. The van der Waals surface area contributed by atoms with Gasteiger partial charge >= 0.3 is 0 Å². The first-order chi connectivity index (χ1) is 6.63. The summed E-state index contributed by atoms with van der Waals surface area (Å²) in [7, 11) is 1.42. The van der Waals surface area contributed by atoms with Gasteiger partial charge in [-0.2, -0.15) is 0 Å². The lowest BCUT2D eigenvalue weighted by Crippen LogP contribution is -2.15. The minimum atomic E-state index is -0.458. The molecule has 0 aromatic heterocycles. The van der Waals surface area contributed by atoms with Gasteiger partial charge in [0.25, 0.3) is 0 Å². The third kappa shape index (κ3) is 2.88. The van der Waals surface area contributed by atoms with E-state index in [9.17, 15) is 4.39 Å². The van der Waals surface area contributed by atoms with Gasteiger partial charge in [-0.3, -0.25) is 0 Å². The molecule has 1 rings (SSSR count). The Hall–Kier alpha value is -1.29. The number of ether oxygens (including phenoxy) is 1. The monoisotopic (exact) mass is 199 g/mol. The second kappa shape index (κ2) is 4.81. The zero-order valence-electron chi connectivity index (χ0n) is 8.25. The Kier molecular flexibility index (Phi) is 3.71. The van der Waals surface area contributed by atoms with Gasteiger partial charge in [0.15, 0.2) is 11.6 Å². The molecule has 3 nitrogen and oxygen atoms in total. The van der Waals surface area contributed by atoms with Crippen LogP contribution in [0.2, 0.25) is 0 Å². The van der Waals surface area contributed by atoms with Crippen molar-refractivity contribution in [3.05, 3.63) is 24.0 Å². The number of halogens is 1. The van der Waals surface area contributed by atoms with Crippen molar-refractivity contribution in [3.63, 3.8) is 0 Å². The highest BCUT2D eigenvalue weighted by molar-refractivity contribution is 5.47. The Morgan fingerprint density at radius 1 is 1.57 bits per heavy atom. The van der Waals surface area contributed by atoms with Crippen molar-refractivity contribution in [1.82, 2.24) is 0 Å². The smallest absolute Gasteiger partial charge is 0.167 e. The van der Waals surface area contributed by atoms with Crippen molar-refractivity contribution in [2.45, 2.75) is 13.0 Å². The Bertz CT molecular complexity index is 302. The number of aliphatic hydroxyl groups excluding tert-OH is 1. The lowest BCUT2D eigenvalue weighted by molar-refractivity contribution is 0.208. The minimum Gasteiger partial charge on any atom is -0.494 e. The average Bonchev–Trinajstić information content (AvgIpc) is 2.15. The molecule has 0 aliphatic rings. The van der Waals surface area contributed by atoms with Crippen molar-refractivity contribution < 1.29 is 14.2 Å². The van der Waals surface area contributed by atoms with Crippen LogP contribution in [0.15, 0.2) is 18.2 Å². The first-order valence-electron chi connectivity index (χ1n) is 4.39. The highest BCUT2D eigenvalue weighted by atomic mass is 19.1. The molecule has 1 aromatic rings. The molecule has 0 amide bonds. The lowest BCUT2D eigenvalue weighted by Gasteiger charge is -2.09. The number of benzene rings is 1. The Labute approximate surface area is 82.5 Å². The topological polar surface area (TPSA) is 41.5 Å². The highest BCUT2D eigenvalue weighted by Gasteiger charge is 2.03. The van der Waals surface area contributed by atoms with Gasteiger partial charge in [-0.25, -0.2) is 4.39 Å². The molecular weight excluding hydrogens is 185 g/mol. The number of nitrogens with one attached hydrogen (secondary N) is 1. The van der Waals surface area contributed by atoms with Crippen LogP contribution in [-0.2, 0) is 0 Å². The van der Waals surface area contributed by atoms with E-state index in [0.717, 1.165) is 0 Å². The van der Waals surface area contributed by atoms with Crippen LogP contribution in [-0.4, -0.2) is 24.9 Å². The summed E-state index contributed by atoms with van der Waals surface area (Å²) in [4.78, 5) is 0. The van der Waals surface area contributed by atoms with E-state index in [1.807, 2.05) is 0 Å².